The molecule has 2 unspecified atom stereocenters. The fourth-order valence-corrected chi connectivity index (χ4v) is 5.06. The van der Waals surface area contributed by atoms with E-state index in [0.717, 1.165) is 30.5 Å². The molecule has 1 N–H and O–H groups in total. The van der Waals surface area contributed by atoms with Gasteiger partial charge in [-0.05, 0) is 67.5 Å². The molecule has 4 rings (SSSR count). The van der Waals surface area contributed by atoms with Gasteiger partial charge >= 0.3 is 0 Å². The number of hydrogen-bond acceptors (Lipinski definition) is 4. The van der Waals surface area contributed by atoms with Crippen LogP contribution in [0.15, 0.2) is 59.6 Å². The van der Waals surface area contributed by atoms with Crippen LogP contribution in [0.2, 0.25) is 10.0 Å². The Hall–Kier alpha value is -2.52. The molecule has 1 aromatic heterocycles. The van der Waals surface area contributed by atoms with Crippen molar-refractivity contribution in [2.24, 2.45) is 0 Å². The van der Waals surface area contributed by atoms with Gasteiger partial charge in [-0.2, -0.15) is 5.26 Å². The third-order valence-electron chi connectivity index (χ3n) is 5.59. The molecule has 0 saturated heterocycles. The van der Waals surface area contributed by atoms with Gasteiger partial charge in [0.05, 0.1) is 20.9 Å². The summed E-state index contributed by atoms with van der Waals surface area (Å²) in [6.45, 7) is 1.80. The van der Waals surface area contributed by atoms with E-state index < -0.39 is 5.25 Å². The Morgan fingerprint density at radius 2 is 1.97 bits per heavy atom. The molecule has 4 nitrogen and oxygen atoms in total. The maximum absolute atomic E-state index is 12.7. The Bertz CT molecular complexity index is 1190. The number of pyridine rings is 1. The molecule has 2 aromatic carbocycles. The second-order valence-electron chi connectivity index (χ2n) is 7.79. The number of carbonyl (C=O) groups excluding carboxylic acids is 1. The Morgan fingerprint density at radius 1 is 1.19 bits per heavy atom. The van der Waals surface area contributed by atoms with E-state index in [4.69, 9.17) is 28.2 Å². The van der Waals surface area contributed by atoms with Crippen molar-refractivity contribution in [2.45, 2.75) is 42.4 Å². The van der Waals surface area contributed by atoms with Crippen molar-refractivity contribution in [1.29, 1.82) is 5.26 Å². The SMILES string of the molecule is CC(Sc1nc2c(cc1C#N)CC(c1ccccc1)CC2)C(=O)Nc1ccc(Cl)c(Cl)c1. The predicted octanol–water partition coefficient (Wildman–Crippen LogP) is 6.65. The zero-order valence-electron chi connectivity index (χ0n) is 17.4. The Labute approximate surface area is 202 Å². The number of benzene rings is 2. The van der Waals surface area contributed by atoms with E-state index in [1.165, 1.54) is 17.3 Å². The number of aromatic nitrogens is 1. The van der Waals surface area contributed by atoms with Crippen LogP contribution in [0.5, 0.6) is 0 Å². The van der Waals surface area contributed by atoms with Gasteiger partial charge < -0.3 is 5.32 Å². The summed E-state index contributed by atoms with van der Waals surface area (Å²) in [5.74, 6) is 0.243. The molecule has 32 heavy (non-hydrogen) atoms. The maximum Gasteiger partial charge on any atom is 0.237 e. The smallest absolute Gasteiger partial charge is 0.237 e. The number of fused-ring (bicyclic) bond motifs is 1. The van der Waals surface area contributed by atoms with Gasteiger partial charge in [0.15, 0.2) is 0 Å². The number of nitrogens with one attached hydrogen (secondary N) is 1. The van der Waals surface area contributed by atoms with E-state index in [-0.39, 0.29) is 5.91 Å². The molecule has 0 aliphatic heterocycles. The second kappa shape index (κ2) is 9.95. The van der Waals surface area contributed by atoms with Gasteiger partial charge in [-0.25, -0.2) is 4.98 Å². The number of nitriles is 1. The highest BCUT2D eigenvalue weighted by atomic mass is 35.5. The third kappa shape index (κ3) is 5.10. The molecule has 2 atom stereocenters. The minimum Gasteiger partial charge on any atom is -0.325 e. The first-order valence-electron chi connectivity index (χ1n) is 10.3. The van der Waals surface area contributed by atoms with Crippen LogP contribution < -0.4 is 5.32 Å². The lowest BCUT2D eigenvalue weighted by Crippen LogP contribution is -2.23. The number of carbonyl (C=O) groups is 1. The average molecular weight is 482 g/mol. The van der Waals surface area contributed by atoms with Crippen LogP contribution >= 0.6 is 35.0 Å². The van der Waals surface area contributed by atoms with Gasteiger partial charge in [0.25, 0.3) is 0 Å². The molecule has 0 spiro atoms. The van der Waals surface area contributed by atoms with E-state index in [0.29, 0.717) is 32.2 Å². The quantitative estimate of drug-likeness (QED) is 0.414. The van der Waals surface area contributed by atoms with E-state index in [9.17, 15) is 10.1 Å². The molecular formula is C25H21Cl2N3OS. The molecule has 1 amide bonds. The highest BCUT2D eigenvalue weighted by Gasteiger charge is 2.25. The molecule has 162 valence electrons. The molecule has 0 fully saturated rings. The van der Waals surface area contributed by atoms with Gasteiger partial charge in [-0.3, -0.25) is 4.79 Å². The Balaban J connectivity index is 1.49. The standard InChI is InChI=1S/C25H21Cl2N3OS/c1-15(24(31)29-20-8-9-21(26)22(27)13-20)32-25-19(14-28)12-18-11-17(7-10-23(18)30-25)16-5-3-2-4-6-16/h2-6,8-9,12-13,15,17H,7,10-11H2,1H3,(H,29,31). The first kappa shape index (κ1) is 22.7. The normalized spacial score (nSPS) is 16.0. The van der Waals surface area contributed by atoms with Crippen LogP contribution in [0.4, 0.5) is 5.69 Å². The Morgan fingerprint density at radius 3 is 2.69 bits per heavy atom. The summed E-state index contributed by atoms with van der Waals surface area (Å²) in [7, 11) is 0. The topological polar surface area (TPSA) is 65.8 Å². The van der Waals surface area contributed by atoms with Crippen LogP contribution in [0, 0.1) is 11.3 Å². The van der Waals surface area contributed by atoms with E-state index >= 15 is 0 Å². The number of amides is 1. The fraction of sp³-hybridized carbons (Fsp3) is 0.240. The van der Waals surface area contributed by atoms with Crippen LogP contribution in [-0.4, -0.2) is 16.1 Å². The number of nitrogens with zero attached hydrogens (tertiary/aromatic N) is 2. The molecule has 1 aliphatic carbocycles. The molecule has 1 aliphatic rings. The van der Waals surface area contributed by atoms with Crippen molar-refractivity contribution in [3.8, 4) is 6.07 Å². The van der Waals surface area contributed by atoms with Gasteiger partial charge in [0.2, 0.25) is 5.91 Å². The number of hydrogen-bond donors (Lipinski definition) is 1. The van der Waals surface area contributed by atoms with Gasteiger partial charge in [-0.1, -0.05) is 65.3 Å². The van der Waals surface area contributed by atoms with Crippen LogP contribution in [0.1, 0.15) is 41.6 Å². The summed E-state index contributed by atoms with van der Waals surface area (Å²) in [6.07, 6.45) is 2.75. The van der Waals surface area contributed by atoms with Gasteiger partial charge in [-0.15, -0.1) is 0 Å². The molecule has 0 radical (unpaired) electrons. The molecular weight excluding hydrogens is 461 g/mol. The van der Waals surface area contributed by atoms with E-state index in [1.807, 2.05) is 12.1 Å². The highest BCUT2D eigenvalue weighted by molar-refractivity contribution is 8.00. The third-order valence-corrected chi connectivity index (χ3v) is 7.43. The number of halogens is 2. The summed E-state index contributed by atoms with van der Waals surface area (Å²) in [5, 5.41) is 13.5. The summed E-state index contributed by atoms with van der Waals surface area (Å²) >= 11 is 13.3. The zero-order valence-corrected chi connectivity index (χ0v) is 19.8. The van der Waals surface area contributed by atoms with Gasteiger partial charge in [0.1, 0.15) is 11.1 Å². The Kier molecular flexibility index (Phi) is 7.05. The number of rotatable bonds is 5. The first-order chi connectivity index (χ1) is 15.4. The van der Waals surface area contributed by atoms with E-state index in [2.05, 4.69) is 35.7 Å². The van der Waals surface area contributed by atoms with E-state index in [1.54, 1.807) is 25.1 Å². The minimum atomic E-state index is -0.442. The molecule has 0 saturated carbocycles. The summed E-state index contributed by atoms with van der Waals surface area (Å²) in [4.78, 5) is 17.5. The zero-order chi connectivity index (χ0) is 22.7. The summed E-state index contributed by atoms with van der Waals surface area (Å²) in [6, 6.07) is 19.6. The lowest BCUT2D eigenvalue weighted by molar-refractivity contribution is -0.115. The monoisotopic (exact) mass is 481 g/mol. The summed E-state index contributed by atoms with van der Waals surface area (Å²) < 4.78 is 0. The van der Waals surface area contributed by atoms with Crippen molar-refractivity contribution in [3.63, 3.8) is 0 Å². The minimum absolute atomic E-state index is 0.194. The van der Waals surface area contributed by atoms with Crippen LogP contribution in [-0.2, 0) is 17.6 Å². The van der Waals surface area contributed by atoms with Gasteiger partial charge in [0, 0.05) is 11.4 Å². The number of thioether (sulfide) groups is 1. The van der Waals surface area contributed by atoms with Crippen LogP contribution in [0.3, 0.4) is 0 Å². The molecule has 0 bridgehead atoms. The highest BCUT2D eigenvalue weighted by Crippen LogP contribution is 2.35. The first-order valence-corrected chi connectivity index (χ1v) is 12.0. The number of anilines is 1. The van der Waals surface area contributed by atoms with Crippen molar-refractivity contribution < 1.29 is 4.79 Å². The van der Waals surface area contributed by atoms with Crippen molar-refractivity contribution in [2.75, 3.05) is 5.32 Å². The lowest BCUT2D eigenvalue weighted by Gasteiger charge is -2.25. The average Bonchev–Trinajstić information content (AvgIpc) is 2.81. The predicted molar refractivity (Wildman–Crippen MR) is 131 cm³/mol. The summed E-state index contributed by atoms with van der Waals surface area (Å²) in [5.41, 5.74) is 4.55. The second-order valence-corrected chi connectivity index (χ2v) is 9.93. The largest absolute Gasteiger partial charge is 0.325 e. The van der Waals surface area contributed by atoms with Crippen molar-refractivity contribution in [3.05, 3.63) is 87.0 Å². The maximum atomic E-state index is 12.7. The number of aryl methyl sites for hydroxylation is 1. The molecule has 3 aromatic rings. The molecule has 1 heterocycles. The van der Waals surface area contributed by atoms with Crippen LogP contribution in [0.25, 0.3) is 0 Å². The van der Waals surface area contributed by atoms with Crippen molar-refractivity contribution in [1.82, 2.24) is 4.98 Å². The fourth-order valence-electron chi connectivity index (χ4n) is 3.86. The van der Waals surface area contributed by atoms with Crippen molar-refractivity contribution >= 4 is 46.6 Å². The lowest BCUT2D eigenvalue weighted by atomic mass is 9.82. The molecule has 7 heteroatoms.